The van der Waals surface area contributed by atoms with Gasteiger partial charge in [0.25, 0.3) is 0 Å². The largest absolute Gasteiger partial charge is 0.489 e. The first kappa shape index (κ1) is 27.9. The standard InChI is InChI=1S/C34H33N3O4/c1-24-29(10-7-11-31(24)27-8-3-2-4-9-27)23-40-30-14-13-28(21-37-15-6-5-12-32(37)34(38)39)33(17-30)41-22-26-16-25(18-35)19-36-20-26/h2-4,7-11,13-14,16-17,19-20,32H,5-6,12,15,21-23H2,1H3,(H,38,39). The number of carbonyl (C=O) groups is 1. The third-order valence-electron chi connectivity index (χ3n) is 7.55. The van der Waals surface area contributed by atoms with Crippen LogP contribution in [0.4, 0.5) is 0 Å². The molecule has 1 N–H and O–H groups in total. The molecule has 1 saturated heterocycles. The Morgan fingerprint density at radius 3 is 2.66 bits per heavy atom. The highest BCUT2D eigenvalue weighted by Crippen LogP contribution is 2.31. The van der Waals surface area contributed by atoms with Crippen LogP contribution in [0.2, 0.25) is 0 Å². The van der Waals surface area contributed by atoms with Crippen LogP contribution in [0.3, 0.4) is 0 Å². The molecule has 3 aromatic carbocycles. The number of pyridine rings is 1. The summed E-state index contributed by atoms with van der Waals surface area (Å²) >= 11 is 0. The molecule has 1 aromatic heterocycles. The Hall–Kier alpha value is -4.67. The first-order valence-corrected chi connectivity index (χ1v) is 13.8. The number of aliphatic carboxylic acids is 1. The molecule has 1 unspecified atom stereocenters. The summed E-state index contributed by atoms with van der Waals surface area (Å²) in [6.45, 7) is 3.91. The third-order valence-corrected chi connectivity index (χ3v) is 7.55. The number of nitrogens with zero attached hydrogens (tertiary/aromatic N) is 3. The Kier molecular flexibility index (Phi) is 8.92. The van der Waals surface area contributed by atoms with E-state index in [4.69, 9.17) is 9.47 Å². The van der Waals surface area contributed by atoms with E-state index in [2.05, 4.69) is 42.2 Å². The average molecular weight is 548 g/mol. The lowest BCUT2D eigenvalue weighted by Crippen LogP contribution is -2.44. The summed E-state index contributed by atoms with van der Waals surface area (Å²) in [5.41, 5.74) is 6.73. The topological polar surface area (TPSA) is 95.7 Å². The summed E-state index contributed by atoms with van der Waals surface area (Å²) in [6.07, 6.45) is 5.71. The SMILES string of the molecule is Cc1c(COc2ccc(CN3CCCCC3C(=O)O)c(OCc3cncc(C#N)c3)c2)cccc1-c1ccccc1. The van der Waals surface area contributed by atoms with Crippen molar-refractivity contribution in [2.24, 2.45) is 0 Å². The Morgan fingerprint density at radius 2 is 1.85 bits per heavy atom. The zero-order chi connectivity index (χ0) is 28.6. The number of rotatable bonds is 10. The van der Waals surface area contributed by atoms with Gasteiger partial charge in [-0.1, -0.05) is 61.0 Å². The first-order valence-electron chi connectivity index (χ1n) is 13.8. The van der Waals surface area contributed by atoms with Gasteiger partial charge in [-0.05, 0) is 60.7 Å². The van der Waals surface area contributed by atoms with Crippen molar-refractivity contribution in [3.05, 3.63) is 113 Å². The van der Waals surface area contributed by atoms with E-state index in [9.17, 15) is 15.2 Å². The van der Waals surface area contributed by atoms with Crippen LogP contribution in [0.5, 0.6) is 11.5 Å². The van der Waals surface area contributed by atoms with Crippen molar-refractivity contribution in [3.8, 4) is 28.7 Å². The van der Waals surface area contributed by atoms with E-state index in [1.165, 1.54) is 22.9 Å². The van der Waals surface area contributed by atoms with Crippen LogP contribution >= 0.6 is 0 Å². The van der Waals surface area contributed by atoms with E-state index in [1.807, 2.05) is 47.4 Å². The Morgan fingerprint density at radius 1 is 1.00 bits per heavy atom. The molecule has 0 spiro atoms. The highest BCUT2D eigenvalue weighted by Gasteiger charge is 2.29. The molecule has 5 rings (SSSR count). The van der Waals surface area contributed by atoms with E-state index < -0.39 is 12.0 Å². The van der Waals surface area contributed by atoms with Gasteiger partial charge in [-0.2, -0.15) is 5.26 Å². The fraction of sp³-hybridized carbons (Fsp3) is 0.265. The fourth-order valence-corrected chi connectivity index (χ4v) is 5.29. The van der Waals surface area contributed by atoms with Gasteiger partial charge in [0.2, 0.25) is 0 Å². The third kappa shape index (κ3) is 6.92. The van der Waals surface area contributed by atoms with Crippen molar-refractivity contribution in [3.63, 3.8) is 0 Å². The molecular weight excluding hydrogens is 514 g/mol. The van der Waals surface area contributed by atoms with Crippen LogP contribution in [0, 0.1) is 18.3 Å². The zero-order valence-electron chi connectivity index (χ0n) is 23.1. The van der Waals surface area contributed by atoms with Gasteiger partial charge in [0, 0.05) is 36.1 Å². The summed E-state index contributed by atoms with van der Waals surface area (Å²) in [5.74, 6) is 0.486. The molecule has 41 heavy (non-hydrogen) atoms. The molecule has 0 radical (unpaired) electrons. The van der Waals surface area contributed by atoms with Crippen LogP contribution in [0.1, 0.15) is 47.1 Å². The van der Waals surface area contributed by atoms with Gasteiger partial charge in [0.1, 0.15) is 36.8 Å². The van der Waals surface area contributed by atoms with Crippen molar-refractivity contribution in [1.82, 2.24) is 9.88 Å². The van der Waals surface area contributed by atoms with E-state index >= 15 is 0 Å². The smallest absolute Gasteiger partial charge is 0.320 e. The maximum Gasteiger partial charge on any atom is 0.320 e. The number of carboxylic acids is 1. The van der Waals surface area contributed by atoms with Gasteiger partial charge in [0.15, 0.2) is 0 Å². The van der Waals surface area contributed by atoms with Gasteiger partial charge in [0.05, 0.1) is 5.56 Å². The Labute approximate surface area is 240 Å². The maximum absolute atomic E-state index is 11.9. The zero-order valence-corrected chi connectivity index (χ0v) is 23.1. The lowest BCUT2D eigenvalue weighted by molar-refractivity contribution is -0.144. The number of carboxylic acid groups (broad SMARTS) is 1. The minimum Gasteiger partial charge on any atom is -0.489 e. The number of nitriles is 1. The molecule has 0 saturated carbocycles. The second-order valence-electron chi connectivity index (χ2n) is 10.3. The van der Waals surface area contributed by atoms with E-state index in [-0.39, 0.29) is 6.61 Å². The summed E-state index contributed by atoms with van der Waals surface area (Å²) in [4.78, 5) is 18.0. The summed E-state index contributed by atoms with van der Waals surface area (Å²) < 4.78 is 12.5. The van der Waals surface area contributed by atoms with Crippen LogP contribution in [-0.2, 0) is 24.6 Å². The van der Waals surface area contributed by atoms with Gasteiger partial charge in [-0.25, -0.2) is 0 Å². The van der Waals surface area contributed by atoms with Crippen molar-refractivity contribution in [2.45, 2.75) is 52.0 Å². The maximum atomic E-state index is 11.9. The van der Waals surface area contributed by atoms with Crippen LogP contribution < -0.4 is 9.47 Å². The molecular formula is C34H33N3O4. The molecule has 2 heterocycles. The fourth-order valence-electron chi connectivity index (χ4n) is 5.29. The number of hydrogen-bond donors (Lipinski definition) is 1. The lowest BCUT2D eigenvalue weighted by Gasteiger charge is -2.33. The van der Waals surface area contributed by atoms with Crippen molar-refractivity contribution in [1.29, 1.82) is 5.26 Å². The summed E-state index contributed by atoms with van der Waals surface area (Å²) in [7, 11) is 0. The average Bonchev–Trinajstić information content (AvgIpc) is 3.01. The molecule has 1 fully saturated rings. The molecule has 7 heteroatoms. The van der Waals surface area contributed by atoms with Gasteiger partial charge < -0.3 is 14.6 Å². The van der Waals surface area contributed by atoms with E-state index in [0.717, 1.165) is 36.1 Å². The van der Waals surface area contributed by atoms with Crippen LogP contribution in [-0.4, -0.2) is 33.5 Å². The quantitative estimate of drug-likeness (QED) is 0.241. The molecule has 1 atom stereocenters. The van der Waals surface area contributed by atoms with Gasteiger partial charge in [-0.3, -0.25) is 14.7 Å². The highest BCUT2D eigenvalue weighted by atomic mass is 16.5. The molecule has 4 aromatic rings. The highest BCUT2D eigenvalue weighted by molar-refractivity contribution is 5.73. The Balaban J connectivity index is 1.37. The van der Waals surface area contributed by atoms with E-state index in [1.54, 1.807) is 12.3 Å². The Bertz CT molecular complexity index is 1550. The summed E-state index contributed by atoms with van der Waals surface area (Å²) in [6, 6.07) is 25.6. The first-order chi connectivity index (χ1) is 20.0. The molecule has 0 bridgehead atoms. The van der Waals surface area contributed by atoms with Crippen molar-refractivity contribution < 1.29 is 19.4 Å². The second kappa shape index (κ2) is 13.1. The summed E-state index contributed by atoms with van der Waals surface area (Å²) in [5, 5.41) is 19.0. The minimum absolute atomic E-state index is 0.222. The van der Waals surface area contributed by atoms with Crippen LogP contribution in [0.25, 0.3) is 11.1 Å². The monoisotopic (exact) mass is 547 g/mol. The molecule has 7 nitrogen and oxygen atoms in total. The number of hydrogen-bond acceptors (Lipinski definition) is 6. The predicted molar refractivity (Wildman–Crippen MR) is 156 cm³/mol. The normalized spacial score (nSPS) is 15.2. The second-order valence-corrected chi connectivity index (χ2v) is 10.3. The molecule has 0 aliphatic carbocycles. The van der Waals surface area contributed by atoms with Gasteiger partial charge >= 0.3 is 5.97 Å². The van der Waals surface area contributed by atoms with Crippen molar-refractivity contribution in [2.75, 3.05) is 6.54 Å². The number of piperidine rings is 1. The number of ether oxygens (including phenoxy) is 2. The molecule has 208 valence electrons. The minimum atomic E-state index is -0.792. The van der Waals surface area contributed by atoms with E-state index in [0.29, 0.717) is 36.6 Å². The number of aromatic nitrogens is 1. The molecule has 0 amide bonds. The molecule has 1 aliphatic rings. The van der Waals surface area contributed by atoms with Crippen LogP contribution in [0.15, 0.2) is 85.2 Å². The molecule has 1 aliphatic heterocycles. The lowest BCUT2D eigenvalue weighted by atomic mass is 9.97. The number of benzene rings is 3. The van der Waals surface area contributed by atoms with Gasteiger partial charge in [-0.15, -0.1) is 0 Å². The number of likely N-dealkylation sites (tertiary alicyclic amines) is 1. The predicted octanol–water partition coefficient (Wildman–Crippen LogP) is 6.53. The van der Waals surface area contributed by atoms with Crippen molar-refractivity contribution >= 4 is 5.97 Å².